The van der Waals surface area contributed by atoms with E-state index in [4.69, 9.17) is 19.0 Å². The first kappa shape index (κ1) is 21.2. The van der Waals surface area contributed by atoms with Crippen LogP contribution in [-0.2, 0) is 17.6 Å². The number of aromatic nitrogens is 1. The molecule has 0 spiro atoms. The average Bonchev–Trinajstić information content (AvgIpc) is 3.49. The largest absolute Gasteiger partial charge is 0.493 e. The van der Waals surface area contributed by atoms with Gasteiger partial charge in [-0.05, 0) is 56.1 Å². The topological polar surface area (TPSA) is 81.8 Å². The maximum absolute atomic E-state index is 10.8. The molecular formula is C25H29NO5. The number of carboxylic acid groups (broad SMARTS) is 1. The molecule has 6 heteroatoms. The Labute approximate surface area is 182 Å². The Morgan fingerprint density at radius 3 is 2.87 bits per heavy atom. The van der Waals surface area contributed by atoms with Gasteiger partial charge in [0.1, 0.15) is 17.8 Å². The molecule has 6 nitrogen and oxygen atoms in total. The van der Waals surface area contributed by atoms with Gasteiger partial charge in [0.25, 0.3) is 0 Å². The van der Waals surface area contributed by atoms with E-state index in [1.807, 2.05) is 18.2 Å². The molecule has 0 atom stereocenters. The van der Waals surface area contributed by atoms with Gasteiger partial charge in [0.15, 0.2) is 0 Å². The second-order valence-electron chi connectivity index (χ2n) is 8.15. The number of aryl methyl sites for hydroxylation is 1. The van der Waals surface area contributed by atoms with Crippen LogP contribution in [0.25, 0.3) is 5.57 Å². The van der Waals surface area contributed by atoms with E-state index < -0.39 is 5.97 Å². The standard InChI is InChI=1S/C25H29NO5/c27-24(28)8-4-7-19-11-12-22(15-23(19)30-16-18-9-10-18)29-14-13-21-17-31-25(26-21)20-5-2-1-3-6-20/h2,5-6,11-12,15,17-18H,1,3-4,7-10,13-14,16H2,(H,27,28). The highest BCUT2D eigenvalue weighted by Crippen LogP contribution is 2.32. The highest BCUT2D eigenvalue weighted by atomic mass is 16.5. The summed E-state index contributed by atoms with van der Waals surface area (Å²) in [4.78, 5) is 15.4. The van der Waals surface area contributed by atoms with Gasteiger partial charge in [-0.1, -0.05) is 24.3 Å². The van der Waals surface area contributed by atoms with Crippen molar-refractivity contribution in [2.45, 2.75) is 51.4 Å². The average molecular weight is 424 g/mol. The fourth-order valence-corrected chi connectivity index (χ4v) is 3.49. The first-order valence-corrected chi connectivity index (χ1v) is 11.1. The van der Waals surface area contributed by atoms with E-state index in [9.17, 15) is 4.79 Å². The second kappa shape index (κ2) is 10.3. The molecule has 2 aliphatic rings. The first-order chi connectivity index (χ1) is 15.2. The normalized spacial score (nSPS) is 15.5. The molecule has 0 unspecified atom stereocenters. The molecule has 1 heterocycles. The van der Waals surface area contributed by atoms with Crippen molar-refractivity contribution in [3.05, 3.63) is 59.8 Å². The summed E-state index contributed by atoms with van der Waals surface area (Å²) in [6.07, 6.45) is 14.6. The smallest absolute Gasteiger partial charge is 0.303 e. The first-order valence-electron chi connectivity index (χ1n) is 11.1. The number of carbonyl (C=O) groups is 1. The summed E-state index contributed by atoms with van der Waals surface area (Å²) in [5, 5.41) is 8.89. The van der Waals surface area contributed by atoms with Crippen molar-refractivity contribution in [1.82, 2.24) is 4.98 Å². The molecule has 0 aliphatic heterocycles. The van der Waals surface area contributed by atoms with Crippen LogP contribution in [0.15, 0.2) is 47.1 Å². The molecule has 0 bridgehead atoms. The van der Waals surface area contributed by atoms with Crippen molar-refractivity contribution in [2.75, 3.05) is 13.2 Å². The van der Waals surface area contributed by atoms with Gasteiger partial charge < -0.3 is 19.0 Å². The van der Waals surface area contributed by atoms with Gasteiger partial charge >= 0.3 is 5.97 Å². The Hall–Kier alpha value is -3.02. The van der Waals surface area contributed by atoms with Crippen LogP contribution in [0, 0.1) is 5.92 Å². The van der Waals surface area contributed by atoms with E-state index in [-0.39, 0.29) is 6.42 Å². The van der Waals surface area contributed by atoms with Crippen molar-refractivity contribution < 1.29 is 23.8 Å². The van der Waals surface area contributed by atoms with Crippen LogP contribution in [0.1, 0.15) is 55.7 Å². The lowest BCUT2D eigenvalue weighted by molar-refractivity contribution is -0.137. The molecule has 0 amide bonds. The van der Waals surface area contributed by atoms with E-state index in [2.05, 4.69) is 23.2 Å². The van der Waals surface area contributed by atoms with Crippen molar-refractivity contribution >= 4 is 11.5 Å². The summed E-state index contributed by atoms with van der Waals surface area (Å²) < 4.78 is 17.6. The number of hydrogen-bond donors (Lipinski definition) is 1. The number of carboxylic acids is 1. The van der Waals surface area contributed by atoms with Gasteiger partial charge in [-0.15, -0.1) is 0 Å². The SMILES string of the molecule is O=C(O)CCCc1ccc(OCCc2coc(C3=CCCC=C3)n2)cc1OCC1CC1. The zero-order valence-electron chi connectivity index (χ0n) is 17.7. The van der Waals surface area contributed by atoms with E-state index in [0.717, 1.165) is 41.2 Å². The maximum atomic E-state index is 10.8. The summed E-state index contributed by atoms with van der Waals surface area (Å²) in [6, 6.07) is 5.83. The molecule has 2 aromatic rings. The third kappa shape index (κ3) is 6.48. The molecule has 164 valence electrons. The Morgan fingerprint density at radius 2 is 2.10 bits per heavy atom. The number of benzene rings is 1. The molecule has 0 radical (unpaired) electrons. The summed E-state index contributed by atoms with van der Waals surface area (Å²) >= 11 is 0. The molecule has 1 aromatic heterocycles. The Kier molecular flexibility index (Phi) is 7.07. The van der Waals surface area contributed by atoms with Crippen LogP contribution in [0.3, 0.4) is 0 Å². The van der Waals surface area contributed by atoms with Crippen molar-refractivity contribution in [3.8, 4) is 11.5 Å². The lowest BCUT2D eigenvalue weighted by Crippen LogP contribution is -2.05. The highest BCUT2D eigenvalue weighted by Gasteiger charge is 2.22. The van der Waals surface area contributed by atoms with E-state index in [1.165, 1.54) is 12.8 Å². The van der Waals surface area contributed by atoms with E-state index in [1.54, 1.807) is 6.26 Å². The quantitative estimate of drug-likeness (QED) is 0.504. The van der Waals surface area contributed by atoms with Crippen LogP contribution in [0.4, 0.5) is 0 Å². The van der Waals surface area contributed by atoms with Gasteiger partial charge in [-0.25, -0.2) is 4.98 Å². The van der Waals surface area contributed by atoms with E-state index >= 15 is 0 Å². The summed E-state index contributed by atoms with van der Waals surface area (Å²) in [7, 11) is 0. The zero-order chi connectivity index (χ0) is 21.5. The van der Waals surface area contributed by atoms with Crippen molar-refractivity contribution in [3.63, 3.8) is 0 Å². The molecule has 4 rings (SSSR count). The van der Waals surface area contributed by atoms with Crippen LogP contribution in [-0.4, -0.2) is 29.3 Å². The Bertz CT molecular complexity index is 955. The van der Waals surface area contributed by atoms with Crippen LogP contribution >= 0.6 is 0 Å². The summed E-state index contributed by atoms with van der Waals surface area (Å²) in [6.45, 7) is 1.20. The highest BCUT2D eigenvalue weighted by molar-refractivity contribution is 5.69. The predicted octanol–water partition coefficient (Wildman–Crippen LogP) is 5.23. The minimum Gasteiger partial charge on any atom is -0.493 e. The van der Waals surface area contributed by atoms with Gasteiger partial charge in [0.2, 0.25) is 5.89 Å². The molecule has 1 aromatic carbocycles. The monoisotopic (exact) mass is 423 g/mol. The fraction of sp³-hybridized carbons (Fsp3) is 0.440. The Balaban J connectivity index is 1.32. The minimum absolute atomic E-state index is 0.159. The zero-order valence-corrected chi connectivity index (χ0v) is 17.7. The van der Waals surface area contributed by atoms with Gasteiger partial charge in [0, 0.05) is 24.5 Å². The number of rotatable bonds is 12. The molecule has 31 heavy (non-hydrogen) atoms. The molecule has 2 aliphatic carbocycles. The number of ether oxygens (including phenoxy) is 2. The van der Waals surface area contributed by atoms with E-state index in [0.29, 0.717) is 44.3 Å². The fourth-order valence-electron chi connectivity index (χ4n) is 3.49. The number of hydrogen-bond acceptors (Lipinski definition) is 5. The Morgan fingerprint density at radius 1 is 1.19 bits per heavy atom. The predicted molar refractivity (Wildman–Crippen MR) is 117 cm³/mol. The van der Waals surface area contributed by atoms with Crippen LogP contribution < -0.4 is 9.47 Å². The molecule has 1 fully saturated rings. The van der Waals surface area contributed by atoms with Crippen LogP contribution in [0.2, 0.25) is 0 Å². The van der Waals surface area contributed by atoms with Crippen molar-refractivity contribution in [2.24, 2.45) is 5.92 Å². The number of nitrogens with zero attached hydrogens (tertiary/aromatic N) is 1. The maximum Gasteiger partial charge on any atom is 0.303 e. The van der Waals surface area contributed by atoms with Crippen molar-refractivity contribution in [1.29, 1.82) is 0 Å². The third-order valence-electron chi connectivity index (χ3n) is 5.47. The van der Waals surface area contributed by atoms with Gasteiger partial charge in [-0.2, -0.15) is 0 Å². The number of allylic oxidation sites excluding steroid dienone is 4. The summed E-state index contributed by atoms with van der Waals surface area (Å²) in [5.74, 6) is 2.08. The van der Waals surface area contributed by atoms with Gasteiger partial charge in [0.05, 0.1) is 18.9 Å². The lowest BCUT2D eigenvalue weighted by Gasteiger charge is -2.13. The second-order valence-corrected chi connectivity index (χ2v) is 8.15. The third-order valence-corrected chi connectivity index (χ3v) is 5.47. The molecular weight excluding hydrogens is 394 g/mol. The molecule has 1 saturated carbocycles. The number of aliphatic carboxylic acids is 1. The lowest BCUT2D eigenvalue weighted by atomic mass is 10.1. The van der Waals surface area contributed by atoms with Gasteiger partial charge in [-0.3, -0.25) is 4.79 Å². The number of oxazole rings is 1. The minimum atomic E-state index is -0.771. The molecule has 1 N–H and O–H groups in total. The molecule has 0 saturated heterocycles. The van der Waals surface area contributed by atoms with Crippen LogP contribution in [0.5, 0.6) is 11.5 Å². The summed E-state index contributed by atoms with van der Waals surface area (Å²) in [5.41, 5.74) is 2.93.